The van der Waals surface area contributed by atoms with Gasteiger partial charge in [0.15, 0.2) is 5.69 Å². The fourth-order valence-electron chi connectivity index (χ4n) is 1.36. The van der Waals surface area contributed by atoms with Gasteiger partial charge in [0.25, 0.3) is 21.0 Å². The van der Waals surface area contributed by atoms with Crippen molar-refractivity contribution in [1.82, 2.24) is 4.98 Å². The minimum absolute atomic E-state index is 0.0339. The summed E-state index contributed by atoms with van der Waals surface area (Å²) in [6.45, 7) is 0. The molecule has 1 heterocycles. The molecule has 0 aliphatic carbocycles. The van der Waals surface area contributed by atoms with E-state index in [0.29, 0.717) is 5.56 Å². The molecule has 7 nitrogen and oxygen atoms in total. The molecular formula is C10H9N3O4S. The molecule has 8 heteroatoms. The zero-order chi connectivity index (χ0) is 13.3. The van der Waals surface area contributed by atoms with E-state index in [4.69, 9.17) is 15.3 Å². The molecule has 2 rings (SSSR count). The molecule has 0 fully saturated rings. The van der Waals surface area contributed by atoms with Gasteiger partial charge in [0.1, 0.15) is 0 Å². The van der Waals surface area contributed by atoms with Gasteiger partial charge in [0.05, 0.1) is 0 Å². The fourth-order valence-corrected chi connectivity index (χ4v) is 1.97. The number of aromatic nitrogens is 1. The van der Waals surface area contributed by atoms with Gasteiger partial charge in [-0.1, -0.05) is 18.2 Å². The second kappa shape index (κ2) is 4.24. The Morgan fingerprint density at radius 3 is 2.28 bits per heavy atom. The third-order valence-electron chi connectivity index (χ3n) is 2.11. The largest absolute Gasteiger partial charge is 0.422 e. The Bertz CT molecular complexity index is 691. The van der Waals surface area contributed by atoms with Gasteiger partial charge in [-0.2, -0.15) is 0 Å². The monoisotopic (exact) mass is 267 g/mol. The van der Waals surface area contributed by atoms with Crippen molar-refractivity contribution in [2.45, 2.75) is 5.09 Å². The van der Waals surface area contributed by atoms with Gasteiger partial charge in [-0.25, -0.2) is 18.5 Å². The predicted molar refractivity (Wildman–Crippen MR) is 61.8 cm³/mol. The zero-order valence-electron chi connectivity index (χ0n) is 9.03. The maximum Gasteiger partial charge on any atom is 0.274 e. The number of amides is 1. The number of primary amides is 1. The highest BCUT2D eigenvalue weighted by molar-refractivity contribution is 7.89. The second-order valence-corrected chi connectivity index (χ2v) is 4.89. The molecule has 1 aromatic carbocycles. The van der Waals surface area contributed by atoms with Crippen LogP contribution < -0.4 is 10.9 Å². The molecular weight excluding hydrogens is 258 g/mol. The van der Waals surface area contributed by atoms with Gasteiger partial charge < -0.3 is 10.2 Å². The lowest BCUT2D eigenvalue weighted by molar-refractivity contribution is 0.0990. The number of primary sulfonamides is 1. The van der Waals surface area contributed by atoms with E-state index in [9.17, 15) is 13.2 Å². The third-order valence-corrected chi connectivity index (χ3v) is 2.90. The normalized spacial score (nSPS) is 11.4. The van der Waals surface area contributed by atoms with E-state index >= 15 is 0 Å². The van der Waals surface area contributed by atoms with Gasteiger partial charge in [0.2, 0.25) is 5.89 Å². The maximum absolute atomic E-state index is 11.2. The number of oxazole rings is 1. The first-order valence-electron chi connectivity index (χ1n) is 4.78. The number of nitrogens with two attached hydrogens (primary N) is 2. The van der Waals surface area contributed by atoms with Crippen LogP contribution in [0.4, 0.5) is 0 Å². The van der Waals surface area contributed by atoms with Crippen molar-refractivity contribution in [3.05, 3.63) is 36.0 Å². The van der Waals surface area contributed by atoms with Crippen LogP contribution in [0.3, 0.4) is 0 Å². The van der Waals surface area contributed by atoms with Gasteiger partial charge in [-0.05, 0) is 12.1 Å². The number of benzene rings is 1. The summed E-state index contributed by atoms with van der Waals surface area (Å²) in [5.41, 5.74) is 5.03. The van der Waals surface area contributed by atoms with E-state index in [0.717, 1.165) is 0 Å². The van der Waals surface area contributed by atoms with Gasteiger partial charge in [0, 0.05) is 5.56 Å². The molecule has 0 aliphatic heterocycles. The summed E-state index contributed by atoms with van der Waals surface area (Å²) in [5.74, 6) is -1.06. The average Bonchev–Trinajstić information content (AvgIpc) is 2.74. The summed E-state index contributed by atoms with van der Waals surface area (Å²) in [5, 5.41) is 4.19. The standard InChI is InChI=1S/C10H9N3O4S/c11-8(14)7-10(18(12,15)16)17-9(13-7)6-4-2-1-3-5-6/h1-5H,(H2,11,14)(H2,12,15,16). The van der Waals surface area contributed by atoms with Crippen molar-refractivity contribution < 1.29 is 17.6 Å². The number of carbonyl (C=O) groups is 1. The molecule has 0 radical (unpaired) electrons. The van der Waals surface area contributed by atoms with Crippen molar-refractivity contribution >= 4 is 15.9 Å². The van der Waals surface area contributed by atoms with Crippen molar-refractivity contribution in [3.8, 4) is 11.5 Å². The van der Waals surface area contributed by atoms with E-state index in [-0.39, 0.29) is 5.89 Å². The van der Waals surface area contributed by atoms with E-state index in [1.807, 2.05) is 0 Å². The van der Waals surface area contributed by atoms with Gasteiger partial charge in [-0.15, -0.1) is 0 Å². The van der Waals surface area contributed by atoms with Crippen LogP contribution in [0.15, 0.2) is 39.8 Å². The lowest BCUT2D eigenvalue weighted by Crippen LogP contribution is -2.19. The Balaban J connectivity index is 2.64. The molecule has 18 heavy (non-hydrogen) atoms. The summed E-state index contributed by atoms with van der Waals surface area (Å²) in [6.07, 6.45) is 0. The number of hydrogen-bond acceptors (Lipinski definition) is 5. The lowest BCUT2D eigenvalue weighted by atomic mass is 10.2. The van der Waals surface area contributed by atoms with Crippen molar-refractivity contribution in [1.29, 1.82) is 0 Å². The molecule has 0 atom stereocenters. The van der Waals surface area contributed by atoms with Crippen LogP contribution in [0, 0.1) is 0 Å². The second-order valence-electron chi connectivity index (χ2n) is 3.43. The highest BCUT2D eigenvalue weighted by Crippen LogP contribution is 2.23. The summed E-state index contributed by atoms with van der Waals surface area (Å²) in [4.78, 5) is 14.8. The summed E-state index contributed by atoms with van der Waals surface area (Å²) < 4.78 is 27.5. The van der Waals surface area contributed by atoms with E-state index in [2.05, 4.69) is 4.98 Å². The molecule has 4 N–H and O–H groups in total. The molecule has 0 aliphatic rings. The smallest absolute Gasteiger partial charge is 0.274 e. The molecule has 0 bridgehead atoms. The molecule has 0 unspecified atom stereocenters. The number of nitrogens with zero attached hydrogens (tertiary/aromatic N) is 1. The van der Waals surface area contributed by atoms with Gasteiger partial charge >= 0.3 is 0 Å². The van der Waals surface area contributed by atoms with Crippen LogP contribution in [0.1, 0.15) is 10.5 Å². The Morgan fingerprint density at radius 1 is 1.22 bits per heavy atom. The summed E-state index contributed by atoms with van der Waals surface area (Å²) in [7, 11) is -4.20. The Hall–Kier alpha value is -2.19. The van der Waals surface area contributed by atoms with Crippen LogP contribution >= 0.6 is 0 Å². The lowest BCUT2D eigenvalue weighted by Gasteiger charge is -1.93. The van der Waals surface area contributed by atoms with E-state index < -0.39 is 26.7 Å². The Morgan fingerprint density at radius 2 is 1.83 bits per heavy atom. The molecule has 1 aromatic heterocycles. The molecule has 0 saturated carbocycles. The summed E-state index contributed by atoms with van der Waals surface area (Å²) in [6, 6.07) is 8.47. The Labute approximate surface area is 102 Å². The molecule has 0 spiro atoms. The molecule has 1 amide bonds. The first-order chi connectivity index (χ1) is 8.39. The van der Waals surface area contributed by atoms with Crippen LogP contribution in [0.5, 0.6) is 0 Å². The Kier molecular flexibility index (Phi) is 2.89. The van der Waals surface area contributed by atoms with Crippen molar-refractivity contribution in [3.63, 3.8) is 0 Å². The zero-order valence-corrected chi connectivity index (χ0v) is 9.85. The highest BCUT2D eigenvalue weighted by Gasteiger charge is 2.26. The topological polar surface area (TPSA) is 129 Å². The van der Waals surface area contributed by atoms with E-state index in [1.165, 1.54) is 0 Å². The highest BCUT2D eigenvalue weighted by atomic mass is 32.2. The molecule has 94 valence electrons. The van der Waals surface area contributed by atoms with E-state index in [1.54, 1.807) is 30.3 Å². The fraction of sp³-hybridized carbons (Fsp3) is 0. The quantitative estimate of drug-likeness (QED) is 0.813. The third kappa shape index (κ3) is 2.24. The molecule has 2 aromatic rings. The first-order valence-corrected chi connectivity index (χ1v) is 6.33. The van der Waals surface area contributed by atoms with Crippen molar-refractivity contribution in [2.75, 3.05) is 0 Å². The average molecular weight is 267 g/mol. The number of carbonyl (C=O) groups excluding carboxylic acids is 1. The van der Waals surface area contributed by atoms with Crippen molar-refractivity contribution in [2.24, 2.45) is 10.9 Å². The van der Waals surface area contributed by atoms with Crippen LogP contribution in [-0.2, 0) is 10.0 Å². The van der Waals surface area contributed by atoms with Gasteiger partial charge in [-0.3, -0.25) is 4.79 Å². The minimum atomic E-state index is -4.20. The predicted octanol–water partition coefficient (Wildman–Crippen LogP) is 0.0879. The number of rotatable bonds is 3. The minimum Gasteiger partial charge on any atom is -0.422 e. The van der Waals surface area contributed by atoms with Crippen LogP contribution in [0.2, 0.25) is 0 Å². The number of hydrogen-bond donors (Lipinski definition) is 2. The first kappa shape index (κ1) is 12.3. The van der Waals surface area contributed by atoms with Crippen LogP contribution in [-0.4, -0.2) is 19.3 Å². The SMILES string of the molecule is NC(=O)c1nc(-c2ccccc2)oc1S(N)(=O)=O. The van der Waals surface area contributed by atoms with Crippen LogP contribution in [0.25, 0.3) is 11.5 Å². The summed E-state index contributed by atoms with van der Waals surface area (Å²) >= 11 is 0. The maximum atomic E-state index is 11.2. The molecule has 0 saturated heterocycles. The number of sulfonamides is 1.